The summed E-state index contributed by atoms with van der Waals surface area (Å²) in [6.07, 6.45) is 4.79. The number of benzene rings is 1. The minimum absolute atomic E-state index is 0.646. The molecule has 0 unspecified atom stereocenters. The lowest BCUT2D eigenvalue weighted by molar-refractivity contribution is 0.653. The van der Waals surface area contributed by atoms with Crippen molar-refractivity contribution in [3.63, 3.8) is 0 Å². The van der Waals surface area contributed by atoms with Crippen LogP contribution in [0.25, 0.3) is 0 Å². The SMILES string of the molecule is NCCCCCCN.Nc1ccccc1N. The lowest BCUT2D eigenvalue weighted by atomic mass is 10.2. The van der Waals surface area contributed by atoms with Crippen molar-refractivity contribution in [1.82, 2.24) is 0 Å². The maximum Gasteiger partial charge on any atom is 0.0547 e. The number of unbranched alkanes of at least 4 members (excludes halogenated alkanes) is 3. The fourth-order valence-corrected chi connectivity index (χ4v) is 1.15. The summed E-state index contributed by atoms with van der Waals surface area (Å²) in [4.78, 5) is 0. The van der Waals surface area contributed by atoms with E-state index in [-0.39, 0.29) is 0 Å². The standard InChI is InChI=1S/C6H8N2.C6H16N2/c7-5-3-1-2-4-6(5)8;7-5-3-1-2-4-6-8/h1-4H,7-8H2;1-8H2. The lowest BCUT2D eigenvalue weighted by Gasteiger charge is -1.94. The van der Waals surface area contributed by atoms with Crippen molar-refractivity contribution in [2.75, 3.05) is 24.6 Å². The first-order valence-corrected chi connectivity index (χ1v) is 5.72. The van der Waals surface area contributed by atoms with Crippen molar-refractivity contribution in [2.24, 2.45) is 11.5 Å². The van der Waals surface area contributed by atoms with E-state index in [0.717, 1.165) is 25.9 Å². The highest BCUT2D eigenvalue weighted by Crippen LogP contribution is 2.10. The molecule has 0 aromatic heterocycles. The molecule has 92 valence electrons. The zero-order valence-electron chi connectivity index (χ0n) is 9.86. The average molecular weight is 224 g/mol. The summed E-state index contributed by atoms with van der Waals surface area (Å²) in [6.45, 7) is 1.65. The van der Waals surface area contributed by atoms with E-state index in [4.69, 9.17) is 22.9 Å². The molecule has 4 heteroatoms. The molecule has 0 saturated heterocycles. The lowest BCUT2D eigenvalue weighted by Crippen LogP contribution is -2.00. The normalized spacial score (nSPS) is 9.38. The molecule has 1 aromatic carbocycles. The maximum absolute atomic E-state index is 5.39. The molecule has 0 heterocycles. The molecule has 0 aliphatic heterocycles. The first kappa shape index (κ1) is 14.7. The highest BCUT2D eigenvalue weighted by Gasteiger charge is 1.85. The molecule has 8 N–H and O–H groups in total. The van der Waals surface area contributed by atoms with Gasteiger partial charge in [0.1, 0.15) is 0 Å². The number of nitrogen functional groups attached to an aromatic ring is 2. The topological polar surface area (TPSA) is 104 Å². The molecular formula is C12H24N4. The van der Waals surface area contributed by atoms with Crippen LogP contribution in [0.3, 0.4) is 0 Å². The van der Waals surface area contributed by atoms with E-state index in [1.165, 1.54) is 12.8 Å². The molecule has 4 nitrogen and oxygen atoms in total. The van der Waals surface area contributed by atoms with Gasteiger partial charge in [-0.25, -0.2) is 0 Å². The Balaban J connectivity index is 0.000000281. The molecular weight excluding hydrogens is 200 g/mol. The molecule has 0 radical (unpaired) electrons. The maximum atomic E-state index is 5.39. The third kappa shape index (κ3) is 8.08. The Morgan fingerprint density at radius 2 is 1.06 bits per heavy atom. The van der Waals surface area contributed by atoms with Crippen LogP contribution in [0.5, 0.6) is 0 Å². The van der Waals surface area contributed by atoms with Crippen molar-refractivity contribution in [3.05, 3.63) is 24.3 Å². The van der Waals surface area contributed by atoms with E-state index < -0.39 is 0 Å². The number of anilines is 2. The molecule has 0 bridgehead atoms. The van der Waals surface area contributed by atoms with Crippen molar-refractivity contribution in [3.8, 4) is 0 Å². The molecule has 0 aliphatic carbocycles. The van der Waals surface area contributed by atoms with E-state index in [1.54, 1.807) is 12.1 Å². The first-order chi connectivity index (χ1) is 7.72. The van der Waals surface area contributed by atoms with Crippen LogP contribution in [0, 0.1) is 0 Å². The van der Waals surface area contributed by atoms with Crippen molar-refractivity contribution >= 4 is 11.4 Å². The van der Waals surface area contributed by atoms with Crippen LogP contribution in [0.2, 0.25) is 0 Å². The Hall–Kier alpha value is -1.26. The Morgan fingerprint density at radius 1 is 0.688 bits per heavy atom. The molecule has 0 fully saturated rings. The molecule has 1 aromatic rings. The highest BCUT2D eigenvalue weighted by atomic mass is 14.7. The minimum atomic E-state index is 0.646. The second-order valence-corrected chi connectivity index (χ2v) is 3.62. The smallest absolute Gasteiger partial charge is 0.0547 e. The predicted molar refractivity (Wildman–Crippen MR) is 71.8 cm³/mol. The summed E-state index contributed by atoms with van der Waals surface area (Å²) in [5, 5.41) is 0. The van der Waals surface area contributed by atoms with E-state index in [1.807, 2.05) is 12.1 Å². The molecule has 0 saturated carbocycles. The van der Waals surface area contributed by atoms with Gasteiger partial charge < -0.3 is 22.9 Å². The first-order valence-electron chi connectivity index (χ1n) is 5.72. The number of rotatable bonds is 5. The number of hydrogen-bond acceptors (Lipinski definition) is 4. The second kappa shape index (κ2) is 10.3. The van der Waals surface area contributed by atoms with Crippen LogP contribution in [0.1, 0.15) is 25.7 Å². The quantitative estimate of drug-likeness (QED) is 0.447. The summed E-state index contributed by atoms with van der Waals surface area (Å²) < 4.78 is 0. The van der Waals surface area contributed by atoms with Gasteiger partial charge in [0, 0.05) is 0 Å². The fraction of sp³-hybridized carbons (Fsp3) is 0.500. The summed E-state index contributed by atoms with van der Waals surface area (Å²) in [5.41, 5.74) is 22.6. The zero-order chi connectivity index (χ0) is 12.2. The minimum Gasteiger partial charge on any atom is -0.397 e. The molecule has 1 rings (SSSR count). The number of nitrogens with two attached hydrogens (primary N) is 4. The van der Waals surface area contributed by atoms with Gasteiger partial charge in [-0.2, -0.15) is 0 Å². The van der Waals surface area contributed by atoms with Gasteiger partial charge in [-0.1, -0.05) is 25.0 Å². The van der Waals surface area contributed by atoms with Gasteiger partial charge in [0.2, 0.25) is 0 Å². The third-order valence-corrected chi connectivity index (χ3v) is 2.15. The number of hydrogen-bond donors (Lipinski definition) is 4. The molecule has 0 amide bonds. The van der Waals surface area contributed by atoms with Crippen LogP contribution in [0.15, 0.2) is 24.3 Å². The van der Waals surface area contributed by atoms with E-state index in [0.29, 0.717) is 11.4 Å². The van der Waals surface area contributed by atoms with Gasteiger partial charge in [-0.3, -0.25) is 0 Å². The van der Waals surface area contributed by atoms with Crippen LogP contribution in [-0.2, 0) is 0 Å². The Labute approximate surface area is 98.0 Å². The Morgan fingerprint density at radius 3 is 1.31 bits per heavy atom. The predicted octanol–water partition coefficient (Wildman–Crippen LogP) is 1.32. The van der Waals surface area contributed by atoms with Crippen LogP contribution in [0.4, 0.5) is 11.4 Å². The summed E-state index contributed by atoms with van der Waals surface area (Å²) in [5.74, 6) is 0. The van der Waals surface area contributed by atoms with Gasteiger partial charge >= 0.3 is 0 Å². The van der Waals surface area contributed by atoms with E-state index >= 15 is 0 Å². The van der Waals surface area contributed by atoms with Crippen LogP contribution < -0.4 is 22.9 Å². The molecule has 0 aliphatic rings. The zero-order valence-corrected chi connectivity index (χ0v) is 9.86. The summed E-state index contributed by atoms with van der Waals surface area (Å²) in [7, 11) is 0. The van der Waals surface area contributed by atoms with Gasteiger partial charge in [0.05, 0.1) is 11.4 Å². The van der Waals surface area contributed by atoms with Gasteiger partial charge in [0.15, 0.2) is 0 Å². The van der Waals surface area contributed by atoms with Gasteiger partial charge in [0.25, 0.3) is 0 Å². The highest BCUT2D eigenvalue weighted by molar-refractivity contribution is 5.62. The summed E-state index contributed by atoms with van der Waals surface area (Å²) >= 11 is 0. The average Bonchev–Trinajstić information content (AvgIpc) is 2.30. The van der Waals surface area contributed by atoms with Crippen molar-refractivity contribution in [2.45, 2.75) is 25.7 Å². The fourth-order valence-electron chi connectivity index (χ4n) is 1.15. The third-order valence-electron chi connectivity index (χ3n) is 2.15. The van der Waals surface area contributed by atoms with Gasteiger partial charge in [-0.05, 0) is 38.1 Å². The second-order valence-electron chi connectivity index (χ2n) is 3.62. The monoisotopic (exact) mass is 224 g/mol. The largest absolute Gasteiger partial charge is 0.397 e. The molecule has 0 atom stereocenters. The Bertz CT molecular complexity index is 236. The number of para-hydroxylation sites is 2. The van der Waals surface area contributed by atoms with Gasteiger partial charge in [-0.15, -0.1) is 0 Å². The van der Waals surface area contributed by atoms with E-state index in [2.05, 4.69) is 0 Å². The Kier molecular flexibility index (Phi) is 9.46. The van der Waals surface area contributed by atoms with Crippen molar-refractivity contribution < 1.29 is 0 Å². The summed E-state index contributed by atoms with van der Waals surface area (Å²) in [6, 6.07) is 7.25. The van der Waals surface area contributed by atoms with Crippen molar-refractivity contribution in [1.29, 1.82) is 0 Å². The van der Waals surface area contributed by atoms with Crippen LogP contribution >= 0.6 is 0 Å². The van der Waals surface area contributed by atoms with Crippen LogP contribution in [-0.4, -0.2) is 13.1 Å². The molecule has 0 spiro atoms. The van der Waals surface area contributed by atoms with E-state index in [9.17, 15) is 0 Å². The molecule has 16 heavy (non-hydrogen) atoms.